The lowest BCUT2D eigenvalue weighted by Crippen LogP contribution is -1.99. The van der Waals surface area contributed by atoms with E-state index in [4.69, 9.17) is 16.7 Å². The van der Waals surface area contributed by atoms with Gasteiger partial charge >= 0.3 is 11.9 Å². The van der Waals surface area contributed by atoms with Crippen LogP contribution in [0.2, 0.25) is 0 Å². The van der Waals surface area contributed by atoms with E-state index in [0.717, 1.165) is 6.08 Å². The fraction of sp³-hybridized carbons (Fsp3) is 0. The van der Waals surface area contributed by atoms with Gasteiger partial charge in [-0.15, -0.1) is 0 Å². The van der Waals surface area contributed by atoms with E-state index < -0.39 is 17.0 Å². The molecule has 0 amide bonds. The summed E-state index contributed by atoms with van der Waals surface area (Å²) in [5.41, 5.74) is 0. The third-order valence-electron chi connectivity index (χ3n) is 0.985. The Labute approximate surface area is 66.7 Å². The largest absolute Gasteiger partial charge is 0.477 e. The van der Waals surface area contributed by atoms with Crippen molar-refractivity contribution in [2.75, 3.05) is 0 Å². The summed E-state index contributed by atoms with van der Waals surface area (Å²) < 4.78 is 4.40. The number of hydrogen-bond donors (Lipinski definition) is 1. The van der Waals surface area contributed by atoms with Crippen LogP contribution in [0.4, 0.5) is 0 Å². The number of ether oxygens (including phenoxy) is 1. The molecule has 0 spiro atoms. The zero-order valence-electron chi connectivity index (χ0n) is 5.20. The summed E-state index contributed by atoms with van der Waals surface area (Å²) in [6, 6.07) is 0. The number of carboxylic acids is 1. The van der Waals surface area contributed by atoms with Gasteiger partial charge in [-0.25, -0.2) is 9.59 Å². The second-order valence-corrected chi connectivity index (χ2v) is 2.12. The smallest absolute Gasteiger partial charge is 0.351 e. The fourth-order valence-electron chi connectivity index (χ4n) is 0.544. The van der Waals surface area contributed by atoms with Crippen LogP contribution in [0, 0.1) is 0 Å². The number of carbonyl (C=O) groups excluding carboxylic acids is 1. The van der Waals surface area contributed by atoms with E-state index in [1.54, 1.807) is 0 Å². The lowest BCUT2D eigenvalue weighted by atomic mass is 10.4. The first kappa shape index (κ1) is 7.81. The molecule has 5 heteroatoms. The molecule has 0 bridgehead atoms. The number of carboxylic acid groups (broad SMARTS) is 1. The van der Waals surface area contributed by atoms with Gasteiger partial charge in [0.25, 0.3) is 0 Å². The highest BCUT2D eigenvalue weighted by Gasteiger charge is 2.17. The molecule has 1 rings (SSSR count). The zero-order valence-corrected chi connectivity index (χ0v) is 5.96. The molecule has 1 aliphatic rings. The Hall–Kier alpha value is -1.29. The van der Waals surface area contributed by atoms with Crippen molar-refractivity contribution in [2.24, 2.45) is 0 Å². The molecule has 1 N–H and O–H groups in total. The van der Waals surface area contributed by atoms with Crippen LogP contribution >= 0.6 is 11.6 Å². The first-order chi connectivity index (χ1) is 5.11. The topological polar surface area (TPSA) is 63.6 Å². The van der Waals surface area contributed by atoms with Crippen molar-refractivity contribution >= 4 is 23.5 Å². The Morgan fingerprint density at radius 2 is 2.18 bits per heavy atom. The Kier molecular flexibility index (Phi) is 1.96. The summed E-state index contributed by atoms with van der Waals surface area (Å²) in [4.78, 5) is 20.6. The van der Waals surface area contributed by atoms with Gasteiger partial charge in [0.15, 0.2) is 10.8 Å². The first-order valence-electron chi connectivity index (χ1n) is 2.64. The van der Waals surface area contributed by atoms with Gasteiger partial charge < -0.3 is 9.84 Å². The lowest BCUT2D eigenvalue weighted by molar-refractivity contribution is -0.133. The third-order valence-corrected chi connectivity index (χ3v) is 1.33. The molecule has 0 saturated heterocycles. The van der Waals surface area contributed by atoms with Gasteiger partial charge in [0.2, 0.25) is 0 Å². The summed E-state index contributed by atoms with van der Waals surface area (Å²) in [7, 11) is 0. The van der Waals surface area contributed by atoms with Gasteiger partial charge in [-0.2, -0.15) is 0 Å². The minimum atomic E-state index is -1.32. The second-order valence-electron chi connectivity index (χ2n) is 1.74. The molecule has 0 aliphatic carbocycles. The number of halogens is 1. The molecule has 0 atom stereocenters. The zero-order chi connectivity index (χ0) is 8.43. The SMILES string of the molecule is O=C1C=CC(=C(Cl)C(=O)O)O1. The van der Waals surface area contributed by atoms with Crippen LogP contribution in [0.25, 0.3) is 0 Å². The number of rotatable bonds is 1. The molecule has 58 valence electrons. The summed E-state index contributed by atoms with van der Waals surface area (Å²) in [6.07, 6.45) is 2.30. The van der Waals surface area contributed by atoms with E-state index in [2.05, 4.69) is 4.74 Å². The standard InChI is InChI=1S/C6H3ClO4/c7-5(6(9)10)3-1-2-4(8)11-3/h1-2H,(H,9,10). The Balaban J connectivity index is 2.92. The molecule has 0 saturated carbocycles. The van der Waals surface area contributed by atoms with Crippen molar-refractivity contribution in [3.05, 3.63) is 22.9 Å². The third kappa shape index (κ3) is 1.59. The first-order valence-corrected chi connectivity index (χ1v) is 3.02. The molecule has 0 aromatic heterocycles. The van der Waals surface area contributed by atoms with Gasteiger partial charge in [0, 0.05) is 6.08 Å². The van der Waals surface area contributed by atoms with E-state index >= 15 is 0 Å². The minimum Gasteiger partial charge on any atom is -0.477 e. The van der Waals surface area contributed by atoms with Crippen molar-refractivity contribution in [3.63, 3.8) is 0 Å². The predicted molar refractivity (Wildman–Crippen MR) is 35.7 cm³/mol. The van der Waals surface area contributed by atoms with Crippen LogP contribution in [-0.2, 0) is 14.3 Å². The minimum absolute atomic E-state index is 0.121. The molecule has 4 nitrogen and oxygen atoms in total. The van der Waals surface area contributed by atoms with E-state index in [1.807, 2.05) is 0 Å². The number of cyclic esters (lactones) is 1. The Morgan fingerprint density at radius 3 is 2.55 bits per heavy atom. The molecule has 0 aromatic rings. The molecular weight excluding hydrogens is 172 g/mol. The molecule has 0 aromatic carbocycles. The van der Waals surface area contributed by atoms with E-state index in [1.165, 1.54) is 6.08 Å². The molecule has 0 unspecified atom stereocenters. The predicted octanol–water partition coefficient (Wildman–Crippen LogP) is 0.634. The highest BCUT2D eigenvalue weighted by atomic mass is 35.5. The summed E-state index contributed by atoms with van der Waals surface area (Å²) in [5.74, 6) is -2.05. The van der Waals surface area contributed by atoms with Crippen molar-refractivity contribution in [1.82, 2.24) is 0 Å². The quantitative estimate of drug-likeness (QED) is 0.468. The van der Waals surface area contributed by atoms with Crippen molar-refractivity contribution in [2.45, 2.75) is 0 Å². The van der Waals surface area contributed by atoms with E-state index in [9.17, 15) is 9.59 Å². The van der Waals surface area contributed by atoms with Gasteiger partial charge in [-0.1, -0.05) is 11.6 Å². The number of hydrogen-bond acceptors (Lipinski definition) is 3. The Bertz CT molecular complexity index is 276. The number of aliphatic carboxylic acids is 1. The maximum absolute atomic E-state index is 10.4. The van der Waals surface area contributed by atoms with Crippen LogP contribution in [0.1, 0.15) is 0 Å². The van der Waals surface area contributed by atoms with Crippen LogP contribution in [0.15, 0.2) is 22.9 Å². The molecule has 1 heterocycles. The highest BCUT2D eigenvalue weighted by Crippen LogP contribution is 2.17. The van der Waals surface area contributed by atoms with Crippen LogP contribution in [0.5, 0.6) is 0 Å². The monoisotopic (exact) mass is 174 g/mol. The molecule has 11 heavy (non-hydrogen) atoms. The average Bonchev–Trinajstić information content (AvgIpc) is 2.34. The number of allylic oxidation sites excluding steroid dienone is 1. The summed E-state index contributed by atoms with van der Waals surface area (Å²) >= 11 is 5.24. The van der Waals surface area contributed by atoms with Crippen LogP contribution < -0.4 is 0 Å². The fourth-order valence-corrected chi connectivity index (χ4v) is 0.645. The molecule has 0 radical (unpaired) electrons. The Morgan fingerprint density at radius 1 is 1.55 bits per heavy atom. The second kappa shape index (κ2) is 2.75. The molecule has 1 aliphatic heterocycles. The summed E-state index contributed by atoms with van der Waals surface area (Å²) in [6.45, 7) is 0. The average molecular weight is 175 g/mol. The van der Waals surface area contributed by atoms with Gasteiger partial charge in [0.1, 0.15) is 0 Å². The molecule has 0 fully saturated rings. The maximum Gasteiger partial charge on any atom is 0.351 e. The van der Waals surface area contributed by atoms with Crippen molar-refractivity contribution < 1.29 is 19.4 Å². The van der Waals surface area contributed by atoms with Gasteiger partial charge in [-0.3, -0.25) is 0 Å². The summed E-state index contributed by atoms with van der Waals surface area (Å²) in [5, 5.41) is 7.82. The van der Waals surface area contributed by atoms with Crippen molar-refractivity contribution in [1.29, 1.82) is 0 Å². The van der Waals surface area contributed by atoms with Gasteiger partial charge in [-0.05, 0) is 6.08 Å². The maximum atomic E-state index is 10.4. The van der Waals surface area contributed by atoms with Crippen LogP contribution in [-0.4, -0.2) is 17.0 Å². The van der Waals surface area contributed by atoms with Gasteiger partial charge in [0.05, 0.1) is 0 Å². The normalized spacial score (nSPS) is 19.9. The lowest BCUT2D eigenvalue weighted by Gasteiger charge is -1.95. The number of carbonyl (C=O) groups is 2. The number of esters is 1. The van der Waals surface area contributed by atoms with E-state index in [-0.39, 0.29) is 5.76 Å². The van der Waals surface area contributed by atoms with Crippen molar-refractivity contribution in [3.8, 4) is 0 Å². The molecular formula is C6H3ClO4. The van der Waals surface area contributed by atoms with Crippen LogP contribution in [0.3, 0.4) is 0 Å². The van der Waals surface area contributed by atoms with E-state index in [0.29, 0.717) is 0 Å². The highest BCUT2D eigenvalue weighted by molar-refractivity contribution is 6.41.